The van der Waals surface area contributed by atoms with Crippen LogP contribution < -0.4 is 0 Å². The second-order valence-electron chi connectivity index (χ2n) is 4.07. The van der Waals surface area contributed by atoms with Gasteiger partial charge in [0.15, 0.2) is 0 Å². The fourth-order valence-electron chi connectivity index (χ4n) is 1.61. The largest absolute Gasteiger partial charge is 0.413 e. The quantitative estimate of drug-likeness (QED) is 0.598. The molecular formula is C10H11F2NO5S2. The van der Waals surface area contributed by atoms with Crippen molar-refractivity contribution in [2.45, 2.75) is 10.3 Å². The van der Waals surface area contributed by atoms with Crippen LogP contribution in [0.1, 0.15) is 0 Å². The maximum absolute atomic E-state index is 14.1. The summed E-state index contributed by atoms with van der Waals surface area (Å²) >= 11 is 0. The van der Waals surface area contributed by atoms with Crippen LogP contribution in [0.2, 0.25) is 0 Å². The number of hydrogen-bond acceptors (Lipinski definition) is 6. The normalized spacial score (nSPS) is 20.7. The molecule has 1 heterocycles. The predicted octanol–water partition coefficient (Wildman–Crippen LogP) is 0.630. The summed E-state index contributed by atoms with van der Waals surface area (Å²) in [6, 6.07) is 6.23. The molecule has 1 aliphatic rings. The van der Waals surface area contributed by atoms with Crippen molar-refractivity contribution in [1.29, 1.82) is 0 Å². The Labute approximate surface area is 115 Å². The topological polar surface area (TPSA) is 80.8 Å². The molecule has 1 aromatic carbocycles. The van der Waals surface area contributed by atoms with E-state index in [0.29, 0.717) is 0 Å². The molecule has 1 aromatic rings. The number of halogens is 2. The standard InChI is InChI=1S/C10H11F2NO5S2/c11-10(12,13-6-7-19(14,15)18-8-13)20(16,17)9-4-2-1-3-5-9/h1-5H,6-8H2. The summed E-state index contributed by atoms with van der Waals surface area (Å²) < 4.78 is 78.3. The first-order valence-corrected chi connectivity index (χ1v) is 8.52. The van der Waals surface area contributed by atoms with E-state index < -0.39 is 49.3 Å². The summed E-state index contributed by atoms with van der Waals surface area (Å²) in [5.41, 5.74) is 0. The van der Waals surface area contributed by atoms with Gasteiger partial charge >= 0.3 is 5.38 Å². The van der Waals surface area contributed by atoms with Crippen molar-refractivity contribution in [3.63, 3.8) is 0 Å². The highest BCUT2D eigenvalue weighted by atomic mass is 32.2. The molecular weight excluding hydrogens is 316 g/mol. The Morgan fingerprint density at radius 2 is 1.80 bits per heavy atom. The van der Waals surface area contributed by atoms with Gasteiger partial charge < -0.3 is 0 Å². The highest BCUT2D eigenvalue weighted by Gasteiger charge is 2.53. The molecule has 6 nitrogen and oxygen atoms in total. The minimum Gasteiger partial charge on any atom is -0.254 e. The Balaban J connectivity index is 2.31. The zero-order chi connectivity index (χ0) is 15.0. The van der Waals surface area contributed by atoms with Crippen LogP contribution in [0.15, 0.2) is 35.2 Å². The summed E-state index contributed by atoms with van der Waals surface area (Å²) in [7, 11) is -8.81. The van der Waals surface area contributed by atoms with Gasteiger partial charge in [0.05, 0.1) is 10.6 Å². The van der Waals surface area contributed by atoms with Crippen LogP contribution in [0.25, 0.3) is 0 Å². The Kier molecular flexibility index (Phi) is 3.84. The van der Waals surface area contributed by atoms with E-state index in [9.17, 15) is 25.6 Å². The van der Waals surface area contributed by atoms with Crippen LogP contribution >= 0.6 is 0 Å². The third-order valence-electron chi connectivity index (χ3n) is 2.74. The lowest BCUT2D eigenvalue weighted by Crippen LogP contribution is -2.53. The first-order chi connectivity index (χ1) is 9.17. The van der Waals surface area contributed by atoms with Gasteiger partial charge in [-0.2, -0.15) is 17.2 Å². The van der Waals surface area contributed by atoms with E-state index in [1.54, 1.807) is 0 Å². The lowest BCUT2D eigenvalue weighted by atomic mass is 10.4. The number of hydrogen-bond donors (Lipinski definition) is 0. The van der Waals surface area contributed by atoms with Crippen molar-refractivity contribution in [3.8, 4) is 0 Å². The van der Waals surface area contributed by atoms with E-state index in [4.69, 9.17) is 0 Å². The molecule has 0 spiro atoms. The van der Waals surface area contributed by atoms with Gasteiger partial charge in [-0.15, -0.1) is 0 Å². The van der Waals surface area contributed by atoms with Gasteiger partial charge in [-0.25, -0.2) is 13.3 Å². The maximum atomic E-state index is 14.1. The number of alkyl halides is 2. The van der Waals surface area contributed by atoms with Gasteiger partial charge in [0.2, 0.25) is 0 Å². The van der Waals surface area contributed by atoms with Gasteiger partial charge in [0.1, 0.15) is 6.73 Å². The molecule has 0 bridgehead atoms. The fraction of sp³-hybridized carbons (Fsp3) is 0.400. The average Bonchev–Trinajstić information content (AvgIpc) is 2.39. The molecule has 10 heteroatoms. The average molecular weight is 327 g/mol. The van der Waals surface area contributed by atoms with Crippen LogP contribution in [-0.4, -0.2) is 46.1 Å². The SMILES string of the molecule is O=S1(=O)CCN(C(F)(F)S(=O)(=O)c2ccccc2)CO1. The number of benzene rings is 1. The van der Waals surface area contributed by atoms with Crippen molar-refractivity contribution in [1.82, 2.24) is 4.90 Å². The Hall–Kier alpha value is -1.10. The van der Waals surface area contributed by atoms with E-state index >= 15 is 0 Å². The van der Waals surface area contributed by atoms with Crippen molar-refractivity contribution in [3.05, 3.63) is 30.3 Å². The molecule has 20 heavy (non-hydrogen) atoms. The van der Waals surface area contributed by atoms with Crippen molar-refractivity contribution >= 4 is 20.0 Å². The molecule has 1 fully saturated rings. The minimum absolute atomic E-state index is 0.177. The van der Waals surface area contributed by atoms with Crippen molar-refractivity contribution in [2.24, 2.45) is 0 Å². The highest BCUT2D eigenvalue weighted by molar-refractivity contribution is 7.92. The third-order valence-corrected chi connectivity index (χ3v) is 5.69. The van der Waals surface area contributed by atoms with Crippen LogP contribution in [-0.2, 0) is 24.1 Å². The molecule has 0 atom stereocenters. The predicted molar refractivity (Wildman–Crippen MR) is 65.0 cm³/mol. The molecule has 0 aliphatic carbocycles. The van der Waals surface area contributed by atoms with E-state index in [1.807, 2.05) is 0 Å². The summed E-state index contributed by atoms with van der Waals surface area (Å²) in [6.07, 6.45) is 0. The smallest absolute Gasteiger partial charge is 0.254 e. The summed E-state index contributed by atoms with van der Waals surface area (Å²) in [5.74, 6) is -0.688. The highest BCUT2D eigenvalue weighted by Crippen LogP contribution is 2.33. The number of nitrogens with zero attached hydrogens (tertiary/aromatic N) is 1. The molecule has 0 amide bonds. The zero-order valence-electron chi connectivity index (χ0n) is 10.1. The van der Waals surface area contributed by atoms with Crippen molar-refractivity contribution in [2.75, 3.05) is 19.0 Å². The molecule has 0 radical (unpaired) electrons. The first-order valence-electron chi connectivity index (χ1n) is 5.46. The lowest BCUT2D eigenvalue weighted by molar-refractivity contribution is -0.103. The van der Waals surface area contributed by atoms with Crippen LogP contribution in [0, 0.1) is 0 Å². The van der Waals surface area contributed by atoms with Gasteiger partial charge in [0.25, 0.3) is 20.0 Å². The second kappa shape index (κ2) is 5.02. The van der Waals surface area contributed by atoms with Gasteiger partial charge in [0, 0.05) is 6.54 Å². The lowest BCUT2D eigenvalue weighted by Gasteiger charge is -2.32. The molecule has 0 N–H and O–H groups in total. The van der Waals surface area contributed by atoms with Gasteiger partial charge in [-0.05, 0) is 12.1 Å². The Bertz CT molecular complexity index is 674. The maximum Gasteiger partial charge on any atom is 0.413 e. The van der Waals surface area contributed by atoms with E-state index in [0.717, 1.165) is 12.1 Å². The van der Waals surface area contributed by atoms with Crippen molar-refractivity contribution < 1.29 is 29.8 Å². The second-order valence-corrected chi connectivity index (χ2v) is 7.80. The van der Waals surface area contributed by atoms with Crippen LogP contribution in [0.4, 0.5) is 8.78 Å². The fourth-order valence-corrected chi connectivity index (χ4v) is 3.74. The summed E-state index contributed by atoms with van der Waals surface area (Å²) in [5, 5.41) is -4.25. The molecule has 1 saturated heterocycles. The molecule has 112 valence electrons. The van der Waals surface area contributed by atoms with Gasteiger partial charge in [-0.1, -0.05) is 18.2 Å². The molecule has 2 rings (SSSR count). The number of rotatable bonds is 3. The van der Waals surface area contributed by atoms with Gasteiger partial charge in [-0.3, -0.25) is 4.18 Å². The molecule has 0 saturated carbocycles. The molecule has 0 aromatic heterocycles. The molecule has 0 unspecified atom stereocenters. The van der Waals surface area contributed by atoms with E-state index in [2.05, 4.69) is 4.18 Å². The number of sulfone groups is 1. The summed E-state index contributed by atoms with van der Waals surface area (Å²) in [6.45, 7) is -1.62. The zero-order valence-corrected chi connectivity index (χ0v) is 11.7. The summed E-state index contributed by atoms with van der Waals surface area (Å²) in [4.78, 5) is -0.366. The first kappa shape index (κ1) is 15.3. The minimum atomic E-state index is -4.96. The Morgan fingerprint density at radius 3 is 2.30 bits per heavy atom. The third kappa shape index (κ3) is 2.68. The van der Waals surface area contributed by atoms with Crippen LogP contribution in [0.5, 0.6) is 0 Å². The Morgan fingerprint density at radius 1 is 1.20 bits per heavy atom. The van der Waals surface area contributed by atoms with Crippen LogP contribution in [0.3, 0.4) is 0 Å². The van der Waals surface area contributed by atoms with E-state index in [-0.39, 0.29) is 4.90 Å². The monoisotopic (exact) mass is 327 g/mol. The molecule has 1 aliphatic heterocycles. The van der Waals surface area contributed by atoms with E-state index in [1.165, 1.54) is 18.2 Å².